The third-order valence-corrected chi connectivity index (χ3v) is 0. The summed E-state index contributed by atoms with van der Waals surface area (Å²) >= 11 is 0. The van der Waals surface area contributed by atoms with Gasteiger partial charge in [0.1, 0.15) is 0 Å². The highest BCUT2D eigenvalue weighted by molar-refractivity contribution is 7.45. The Morgan fingerprint density at radius 1 is 1.09 bits per heavy atom. The van der Waals surface area contributed by atoms with E-state index in [0.29, 0.717) is 0 Å². The van der Waals surface area contributed by atoms with Gasteiger partial charge in [0.05, 0.1) is 6.26 Å². The molecule has 0 aromatic heterocycles. The quantitative estimate of drug-likeness (QED) is 0.209. The Morgan fingerprint density at radius 3 is 1.09 bits per heavy atom. The van der Waals surface area contributed by atoms with Crippen molar-refractivity contribution in [3.63, 3.8) is 0 Å². The first-order valence-electron chi connectivity index (χ1n) is 1.45. The summed E-state index contributed by atoms with van der Waals surface area (Å²) in [6.45, 7) is 2.92. The Morgan fingerprint density at radius 2 is 1.09 bits per heavy atom. The number of aliphatic hydroxyl groups is 1. The van der Waals surface area contributed by atoms with Gasteiger partial charge >= 0.3 is 7.82 Å². The van der Waals surface area contributed by atoms with Crippen LogP contribution in [0.15, 0.2) is 12.8 Å². The standard InChI is InChI=1S/C2H4O.3H3N.H3O4P/c1-2-3;;;;1-5(2,3)4/h2-3H,1H2;3*1H3;(H3,1,2,3,4). The summed E-state index contributed by atoms with van der Waals surface area (Å²) in [7, 11) is -4.64. The van der Waals surface area contributed by atoms with E-state index in [9.17, 15) is 0 Å². The molecular weight excluding hydrogens is 177 g/mol. The van der Waals surface area contributed by atoms with Crippen molar-refractivity contribution in [1.82, 2.24) is 18.5 Å². The fourth-order valence-electron chi connectivity index (χ4n) is 0. The van der Waals surface area contributed by atoms with E-state index in [1.807, 2.05) is 0 Å². The number of hydrogen-bond acceptors (Lipinski definition) is 5. The van der Waals surface area contributed by atoms with Crippen molar-refractivity contribution in [2.45, 2.75) is 0 Å². The second kappa shape index (κ2) is 16.3. The van der Waals surface area contributed by atoms with Gasteiger partial charge in [-0.2, -0.15) is 0 Å². The Hall–Kier alpha value is -0.470. The fourth-order valence-corrected chi connectivity index (χ4v) is 0. The Kier molecular flexibility index (Phi) is 46.2. The van der Waals surface area contributed by atoms with Crippen LogP contribution in [0.5, 0.6) is 0 Å². The first-order valence-corrected chi connectivity index (χ1v) is 3.01. The Bertz CT molecular complexity index is 93.6. The molecule has 0 atom stereocenters. The maximum absolute atomic E-state index is 8.88. The van der Waals surface area contributed by atoms with Crippen LogP contribution in [0.3, 0.4) is 0 Å². The van der Waals surface area contributed by atoms with Gasteiger partial charge in [-0.15, -0.1) is 0 Å². The van der Waals surface area contributed by atoms with Crippen LogP contribution in [0.25, 0.3) is 0 Å². The third kappa shape index (κ3) is 2450. The minimum atomic E-state index is -4.64. The van der Waals surface area contributed by atoms with Crippen molar-refractivity contribution in [3.8, 4) is 0 Å². The average Bonchev–Trinajstić information content (AvgIpc) is 1.27. The van der Waals surface area contributed by atoms with Gasteiger partial charge in [0.2, 0.25) is 0 Å². The average molecular weight is 193 g/mol. The molecule has 0 spiro atoms. The van der Waals surface area contributed by atoms with Crippen LogP contribution >= 0.6 is 7.82 Å². The summed E-state index contributed by atoms with van der Waals surface area (Å²) in [6.07, 6.45) is 0.750. The largest absolute Gasteiger partial charge is 0.516 e. The van der Waals surface area contributed by atoms with Crippen LogP contribution in [-0.4, -0.2) is 19.8 Å². The number of hydrogen-bond donors (Lipinski definition) is 7. The van der Waals surface area contributed by atoms with Gasteiger partial charge in [-0.1, -0.05) is 6.58 Å². The van der Waals surface area contributed by atoms with Crippen LogP contribution in [0, 0.1) is 0 Å². The van der Waals surface area contributed by atoms with Gasteiger partial charge in [-0.25, -0.2) is 4.57 Å². The van der Waals surface area contributed by atoms with E-state index in [-0.39, 0.29) is 18.5 Å². The molecule has 0 aliphatic heterocycles. The Balaban J connectivity index is -0.0000000183. The van der Waals surface area contributed by atoms with Crippen molar-refractivity contribution in [1.29, 1.82) is 0 Å². The molecule has 0 bridgehead atoms. The lowest BCUT2D eigenvalue weighted by molar-refractivity contribution is 0.275. The monoisotopic (exact) mass is 193 g/mol. The van der Waals surface area contributed by atoms with E-state index < -0.39 is 7.82 Å². The van der Waals surface area contributed by atoms with Crippen molar-refractivity contribution in [2.24, 2.45) is 0 Å². The van der Waals surface area contributed by atoms with Gasteiger partial charge in [0.15, 0.2) is 0 Å². The molecule has 0 aromatic rings. The van der Waals surface area contributed by atoms with Crippen LogP contribution in [0.4, 0.5) is 0 Å². The van der Waals surface area contributed by atoms with E-state index in [0.717, 1.165) is 6.26 Å². The molecule has 0 amide bonds. The molecule has 74 valence electrons. The van der Waals surface area contributed by atoms with Gasteiger partial charge in [0.25, 0.3) is 0 Å². The lowest BCUT2D eigenvalue weighted by Crippen LogP contribution is -1.66. The van der Waals surface area contributed by atoms with Crippen LogP contribution in [0.1, 0.15) is 0 Å². The predicted molar refractivity (Wildman–Crippen MR) is 42.2 cm³/mol. The fraction of sp³-hybridized carbons (Fsp3) is 0. The molecule has 0 saturated heterocycles. The summed E-state index contributed by atoms with van der Waals surface area (Å²) in [6, 6.07) is 0. The normalized spacial score (nSPS) is 6.45. The van der Waals surface area contributed by atoms with Crippen LogP contribution < -0.4 is 18.5 Å². The zero-order valence-corrected chi connectivity index (χ0v) is 6.94. The third-order valence-electron chi connectivity index (χ3n) is 0. The summed E-state index contributed by atoms with van der Waals surface area (Å²) in [5, 5.41) is 7.33. The molecule has 0 aliphatic rings. The molecule has 0 unspecified atom stereocenters. The summed E-state index contributed by atoms with van der Waals surface area (Å²) in [4.78, 5) is 21.6. The number of rotatable bonds is 0. The van der Waals surface area contributed by atoms with E-state index in [1.165, 1.54) is 0 Å². The lowest BCUT2D eigenvalue weighted by Gasteiger charge is -1.82. The van der Waals surface area contributed by atoms with E-state index in [2.05, 4.69) is 6.58 Å². The highest BCUT2D eigenvalue weighted by Gasteiger charge is 2.00. The lowest BCUT2D eigenvalue weighted by atomic mass is 11.2. The van der Waals surface area contributed by atoms with Crippen molar-refractivity contribution < 1.29 is 24.4 Å². The van der Waals surface area contributed by atoms with Crippen molar-refractivity contribution in [2.75, 3.05) is 0 Å². The van der Waals surface area contributed by atoms with Gasteiger partial charge in [0, 0.05) is 0 Å². The molecular formula is C2H16N3O5P. The molecule has 11 heavy (non-hydrogen) atoms. The summed E-state index contributed by atoms with van der Waals surface area (Å²) in [5.74, 6) is 0. The summed E-state index contributed by atoms with van der Waals surface area (Å²) < 4.78 is 8.88. The zero-order valence-electron chi connectivity index (χ0n) is 6.05. The SMILES string of the molecule is C=CO.N.N.N.O=P(O)(O)O. The topological polar surface area (TPSA) is 203 Å². The van der Waals surface area contributed by atoms with E-state index in [4.69, 9.17) is 24.4 Å². The molecule has 13 N–H and O–H groups in total. The smallest absolute Gasteiger partial charge is 0.466 e. The van der Waals surface area contributed by atoms with Gasteiger partial charge < -0.3 is 38.2 Å². The highest BCUT2D eigenvalue weighted by atomic mass is 31.2. The van der Waals surface area contributed by atoms with E-state index in [1.54, 1.807) is 0 Å². The molecule has 0 fully saturated rings. The van der Waals surface area contributed by atoms with Crippen molar-refractivity contribution in [3.05, 3.63) is 12.8 Å². The molecule has 0 aliphatic carbocycles. The number of phosphoric acid groups is 1. The molecule has 8 nitrogen and oxygen atoms in total. The van der Waals surface area contributed by atoms with E-state index >= 15 is 0 Å². The molecule has 0 saturated carbocycles. The second-order valence-corrected chi connectivity index (χ2v) is 1.72. The molecule has 0 radical (unpaired) electrons. The molecule has 0 aromatic carbocycles. The predicted octanol–water partition coefficient (Wildman–Crippen LogP) is 0.245. The van der Waals surface area contributed by atoms with Crippen molar-refractivity contribution >= 4 is 7.82 Å². The Labute approximate surface area is 64.6 Å². The van der Waals surface area contributed by atoms with Gasteiger partial charge in [-0.3, -0.25) is 0 Å². The number of aliphatic hydroxyl groups excluding tert-OH is 1. The molecule has 0 rings (SSSR count). The molecule has 0 heterocycles. The zero-order chi connectivity index (χ0) is 7.21. The van der Waals surface area contributed by atoms with Crippen LogP contribution in [-0.2, 0) is 4.57 Å². The minimum Gasteiger partial charge on any atom is -0.516 e. The maximum atomic E-state index is 8.88. The minimum absolute atomic E-state index is 0. The maximum Gasteiger partial charge on any atom is 0.466 e. The highest BCUT2D eigenvalue weighted by Crippen LogP contribution is 2.25. The molecule has 9 heteroatoms. The first-order chi connectivity index (χ1) is 3.41. The first kappa shape index (κ1) is 31.3. The summed E-state index contributed by atoms with van der Waals surface area (Å²) in [5.41, 5.74) is 0. The van der Waals surface area contributed by atoms with Gasteiger partial charge in [-0.05, 0) is 0 Å². The second-order valence-electron chi connectivity index (χ2n) is 0.696. The van der Waals surface area contributed by atoms with Crippen LogP contribution in [0.2, 0.25) is 0 Å².